The van der Waals surface area contributed by atoms with E-state index in [4.69, 9.17) is 32.4 Å². The topological polar surface area (TPSA) is 162 Å². The minimum atomic E-state index is -2.75. The summed E-state index contributed by atoms with van der Waals surface area (Å²) in [5.74, 6) is 1.43. The highest BCUT2D eigenvalue weighted by Gasteiger charge is 2.55. The van der Waals surface area contributed by atoms with Crippen LogP contribution in [-0.2, 0) is 28.5 Å². The van der Waals surface area contributed by atoms with Crippen LogP contribution in [0.25, 0.3) is 0 Å². The number of hydrogen-bond acceptors (Lipinski definition) is 12. The van der Waals surface area contributed by atoms with Crippen molar-refractivity contribution in [2.24, 2.45) is 4.99 Å². The Hall–Kier alpha value is -4.69. The van der Waals surface area contributed by atoms with Crippen molar-refractivity contribution in [2.75, 3.05) is 41.5 Å². The van der Waals surface area contributed by atoms with Gasteiger partial charge >= 0.3 is 5.69 Å². The van der Waals surface area contributed by atoms with Crippen LogP contribution >= 0.6 is 8.53 Å². The lowest BCUT2D eigenvalue weighted by Crippen LogP contribution is -2.51. The van der Waals surface area contributed by atoms with Crippen LogP contribution in [0.1, 0.15) is 77.8 Å². The molecule has 1 aliphatic heterocycles. The molecular weight excluding hydrogens is 864 g/mol. The predicted octanol–water partition coefficient (Wildman–Crippen LogP) is 8.73. The van der Waals surface area contributed by atoms with Crippen molar-refractivity contribution in [1.29, 1.82) is 5.26 Å². The highest BCUT2D eigenvalue weighted by Crippen LogP contribution is 2.52. The van der Waals surface area contributed by atoms with Gasteiger partial charge in [0.2, 0.25) is 0 Å². The molecule has 0 spiro atoms. The van der Waals surface area contributed by atoms with Crippen molar-refractivity contribution in [3.05, 3.63) is 122 Å². The first-order valence-corrected chi connectivity index (χ1v) is 25.9. The van der Waals surface area contributed by atoms with E-state index in [2.05, 4.69) is 82.3 Å². The molecule has 0 bridgehead atoms. The first-order valence-electron chi connectivity index (χ1n) is 21.9. The van der Waals surface area contributed by atoms with Gasteiger partial charge in [0, 0.05) is 32.2 Å². The van der Waals surface area contributed by atoms with Crippen LogP contribution in [0.15, 0.2) is 99.5 Å². The van der Waals surface area contributed by atoms with Gasteiger partial charge in [-0.15, -0.1) is 0 Å². The smallest absolute Gasteiger partial charge is 0.332 e. The number of rotatable bonds is 21. The van der Waals surface area contributed by atoms with Crippen LogP contribution < -0.4 is 20.7 Å². The van der Waals surface area contributed by atoms with Gasteiger partial charge in [-0.1, -0.05) is 75.4 Å². The first kappa shape index (κ1) is 51.3. The third-order valence-electron chi connectivity index (χ3n) is 11.7. The molecule has 2 heterocycles. The maximum Gasteiger partial charge on any atom is 0.332 e. The standard InChI is InChI=1S/C48H67N6O9PSi/c1-33(2)54(34(3)4)64(60-29-17-28-49)62-43-40(61-45(44(43)63-65(12,13)47(5,6)7)53-42(55)30-41(51-46(53)56)50-32-52(8)9)31-59-48(35-18-15-14-16-19-35,36-20-24-38(57-10)25-21-36)37-22-26-39(58-11)27-23-37/h14-16,18-27,30,32-34,40,43-45H,17,29,31H2,1-13H3,(H,51,56)/b50-32+/t40-,43-,44-,45-,64?/m1/s1. The normalized spacial score (nSPS) is 18.7. The zero-order valence-electron chi connectivity index (χ0n) is 40.1. The molecule has 0 radical (unpaired) electrons. The van der Waals surface area contributed by atoms with Gasteiger partial charge in [0.15, 0.2) is 14.5 Å². The molecule has 0 aliphatic carbocycles. The highest BCUT2D eigenvalue weighted by atomic mass is 31.2. The zero-order chi connectivity index (χ0) is 47.7. The molecular formula is C48H67N6O9PSi. The second-order valence-corrected chi connectivity index (χ2v) is 24.4. The fourth-order valence-electron chi connectivity index (χ4n) is 7.48. The molecule has 1 N–H and O–H groups in total. The van der Waals surface area contributed by atoms with E-state index in [1.807, 2.05) is 78.9 Å². The molecule has 4 aromatic rings. The van der Waals surface area contributed by atoms with Crippen LogP contribution in [0.2, 0.25) is 18.1 Å². The number of aromatic amines is 1. The summed E-state index contributed by atoms with van der Waals surface area (Å²) in [5.41, 5.74) is -0.201. The summed E-state index contributed by atoms with van der Waals surface area (Å²) in [6, 6.07) is 28.7. The van der Waals surface area contributed by atoms with E-state index in [1.54, 1.807) is 33.2 Å². The zero-order valence-corrected chi connectivity index (χ0v) is 42.0. The molecule has 1 fully saturated rings. The lowest BCUT2D eigenvalue weighted by Gasteiger charge is -2.42. The average Bonchev–Trinajstić information content (AvgIpc) is 3.57. The van der Waals surface area contributed by atoms with Gasteiger partial charge in [-0.3, -0.25) is 9.78 Å². The molecule has 15 nitrogen and oxygen atoms in total. The summed E-state index contributed by atoms with van der Waals surface area (Å²) in [4.78, 5) is 37.2. The molecule has 5 atom stereocenters. The van der Waals surface area contributed by atoms with Gasteiger partial charge in [-0.05, 0) is 86.8 Å². The lowest BCUT2D eigenvalue weighted by atomic mass is 9.80. The maximum absolute atomic E-state index is 14.3. The van der Waals surface area contributed by atoms with Crippen LogP contribution in [-0.4, -0.2) is 106 Å². The van der Waals surface area contributed by atoms with E-state index in [-0.39, 0.29) is 42.6 Å². The van der Waals surface area contributed by atoms with Crippen LogP contribution in [0, 0.1) is 11.3 Å². The Morgan fingerprint density at radius 2 is 1.45 bits per heavy atom. The summed E-state index contributed by atoms with van der Waals surface area (Å²) in [6.45, 7) is 18.8. The molecule has 1 saturated heterocycles. The van der Waals surface area contributed by atoms with Crippen LogP contribution in [0.5, 0.6) is 11.5 Å². The van der Waals surface area contributed by atoms with Crippen molar-refractivity contribution in [1.82, 2.24) is 19.1 Å². The number of nitriles is 1. The number of benzene rings is 3. The van der Waals surface area contributed by atoms with Crippen molar-refractivity contribution >= 4 is 29.0 Å². The number of aromatic nitrogens is 2. The second-order valence-electron chi connectivity index (χ2n) is 18.2. The van der Waals surface area contributed by atoms with Crippen LogP contribution in [0.3, 0.4) is 0 Å². The molecule has 17 heteroatoms. The molecule has 1 aromatic heterocycles. The number of methoxy groups -OCH3 is 2. The second kappa shape index (κ2) is 22.2. The Morgan fingerprint density at radius 3 is 1.92 bits per heavy atom. The Kier molecular flexibility index (Phi) is 17.5. The molecule has 352 valence electrons. The van der Waals surface area contributed by atoms with E-state index < -0.39 is 58.2 Å². The van der Waals surface area contributed by atoms with Crippen molar-refractivity contribution in [2.45, 2.75) is 115 Å². The van der Waals surface area contributed by atoms with Gasteiger partial charge in [0.1, 0.15) is 41.2 Å². The van der Waals surface area contributed by atoms with Crippen molar-refractivity contribution in [3.63, 3.8) is 0 Å². The highest BCUT2D eigenvalue weighted by molar-refractivity contribution is 7.44. The van der Waals surface area contributed by atoms with E-state index in [9.17, 15) is 14.9 Å². The monoisotopic (exact) mass is 930 g/mol. The Balaban J connectivity index is 1.77. The van der Waals surface area contributed by atoms with E-state index in [0.717, 1.165) is 21.3 Å². The molecule has 1 aliphatic rings. The van der Waals surface area contributed by atoms with E-state index >= 15 is 0 Å². The number of ether oxygens (including phenoxy) is 4. The largest absolute Gasteiger partial charge is 0.497 e. The SMILES string of the molecule is COc1ccc(C(OC[C@H]2O[C@@H](n3c(=O)cc(/N=C/N(C)C)[nH]c3=O)[C@H](O[Si](C)(C)C(C)(C)C)[C@@H]2OP(OCCC#N)N(C(C)C)C(C)C)(c2ccccc2)c2ccc(OC)cc2)cc1. The minimum absolute atomic E-state index is 0.0348. The number of nitrogens with zero attached hydrogens (tertiary/aromatic N) is 5. The summed E-state index contributed by atoms with van der Waals surface area (Å²) < 4.78 is 49.8. The third kappa shape index (κ3) is 12.0. The van der Waals surface area contributed by atoms with E-state index in [1.165, 1.54) is 12.4 Å². The number of nitrogens with one attached hydrogen (secondary N) is 1. The molecule has 1 unspecified atom stereocenters. The molecule has 0 saturated carbocycles. The Labute approximate surface area is 386 Å². The summed E-state index contributed by atoms with van der Waals surface area (Å²) in [7, 11) is 2.17. The van der Waals surface area contributed by atoms with Gasteiger partial charge < -0.3 is 37.3 Å². The van der Waals surface area contributed by atoms with Gasteiger partial charge in [-0.2, -0.15) is 5.26 Å². The first-order chi connectivity index (χ1) is 30.8. The summed E-state index contributed by atoms with van der Waals surface area (Å²) >= 11 is 0. The van der Waals surface area contributed by atoms with E-state index in [0.29, 0.717) is 11.5 Å². The number of H-pyrrole nitrogens is 1. The maximum atomic E-state index is 14.3. The molecule has 65 heavy (non-hydrogen) atoms. The van der Waals surface area contributed by atoms with Crippen LogP contribution in [0.4, 0.5) is 5.82 Å². The summed E-state index contributed by atoms with van der Waals surface area (Å²) in [6.07, 6.45) is -2.59. The minimum Gasteiger partial charge on any atom is -0.497 e. The Morgan fingerprint density at radius 1 is 0.892 bits per heavy atom. The lowest BCUT2D eigenvalue weighted by molar-refractivity contribution is -0.0949. The molecule has 3 aromatic carbocycles. The van der Waals surface area contributed by atoms with Gasteiger partial charge in [0.25, 0.3) is 14.1 Å². The predicted molar refractivity (Wildman–Crippen MR) is 257 cm³/mol. The number of aliphatic imine (C=N–C) groups is 1. The van der Waals surface area contributed by atoms with Gasteiger partial charge in [0.05, 0.1) is 46.3 Å². The Bertz CT molecular complexity index is 2240. The van der Waals surface area contributed by atoms with Crippen molar-refractivity contribution in [3.8, 4) is 17.6 Å². The summed E-state index contributed by atoms with van der Waals surface area (Å²) in [5, 5.41) is 9.26. The fourth-order valence-corrected chi connectivity index (χ4v) is 10.5. The van der Waals surface area contributed by atoms with Crippen molar-refractivity contribution < 1.29 is 32.4 Å². The molecule has 0 amide bonds. The number of hydrogen-bond donors (Lipinski definition) is 1. The fraction of sp³-hybridized carbons (Fsp3) is 0.500. The molecule has 5 rings (SSSR count). The third-order valence-corrected chi connectivity index (χ3v) is 18.3. The van der Waals surface area contributed by atoms with Gasteiger partial charge in [-0.25, -0.2) is 19.0 Å². The quantitative estimate of drug-likeness (QED) is 0.0212. The average molecular weight is 931 g/mol.